The fraction of sp³-hybridized carbons (Fsp3) is 0.529. The molecule has 3 rings (SSSR count). The van der Waals surface area contributed by atoms with E-state index in [4.69, 9.17) is 4.99 Å². The van der Waals surface area contributed by atoms with Crippen molar-refractivity contribution >= 4 is 17.3 Å². The Labute approximate surface area is 120 Å². The number of rotatable bonds is 1. The normalized spacial score (nSPS) is 24.1. The number of benzodiazepines with no additional fused rings is 1. The van der Waals surface area contributed by atoms with Gasteiger partial charge in [-0.05, 0) is 25.8 Å². The topological polar surface area (TPSA) is 41.5 Å². The lowest BCUT2D eigenvalue weighted by Crippen LogP contribution is -2.22. The van der Waals surface area contributed by atoms with Gasteiger partial charge in [0.15, 0.2) is 0 Å². The van der Waals surface area contributed by atoms with Gasteiger partial charge in [0, 0.05) is 22.9 Å². The van der Waals surface area contributed by atoms with E-state index >= 15 is 0 Å². The zero-order valence-corrected chi connectivity index (χ0v) is 12.1. The maximum absolute atomic E-state index is 12.1. The molecule has 1 aromatic carbocycles. The van der Waals surface area contributed by atoms with Crippen LogP contribution in [0.2, 0.25) is 0 Å². The molecule has 1 amide bonds. The molecule has 0 radical (unpaired) electrons. The van der Waals surface area contributed by atoms with Crippen molar-refractivity contribution in [3.8, 4) is 0 Å². The fourth-order valence-corrected chi connectivity index (χ4v) is 3.27. The Morgan fingerprint density at radius 3 is 2.55 bits per heavy atom. The zero-order valence-electron chi connectivity index (χ0n) is 12.1. The van der Waals surface area contributed by atoms with E-state index in [1.165, 1.54) is 38.5 Å². The second kappa shape index (κ2) is 5.78. The van der Waals surface area contributed by atoms with Crippen LogP contribution in [-0.4, -0.2) is 17.7 Å². The first-order valence-electron chi connectivity index (χ1n) is 7.73. The molecule has 1 aliphatic carbocycles. The van der Waals surface area contributed by atoms with Gasteiger partial charge in [0.1, 0.15) is 6.04 Å². The number of benzene rings is 1. The molecular formula is C17H22N2O. The Morgan fingerprint density at radius 1 is 1.10 bits per heavy atom. The van der Waals surface area contributed by atoms with Crippen LogP contribution in [0.3, 0.4) is 0 Å². The molecule has 1 atom stereocenters. The zero-order chi connectivity index (χ0) is 13.9. The molecule has 1 unspecified atom stereocenters. The van der Waals surface area contributed by atoms with Gasteiger partial charge in [-0.2, -0.15) is 0 Å². The van der Waals surface area contributed by atoms with Gasteiger partial charge in [-0.3, -0.25) is 9.79 Å². The van der Waals surface area contributed by atoms with E-state index < -0.39 is 0 Å². The summed E-state index contributed by atoms with van der Waals surface area (Å²) in [5, 5.41) is 3.00. The summed E-state index contributed by atoms with van der Waals surface area (Å²) in [6, 6.07) is 7.79. The maximum atomic E-state index is 12.1. The van der Waals surface area contributed by atoms with Gasteiger partial charge in [-0.15, -0.1) is 0 Å². The third-order valence-corrected chi connectivity index (χ3v) is 4.41. The molecule has 1 aliphatic heterocycles. The van der Waals surface area contributed by atoms with Gasteiger partial charge in [-0.25, -0.2) is 0 Å². The third-order valence-electron chi connectivity index (χ3n) is 4.41. The highest BCUT2D eigenvalue weighted by Crippen LogP contribution is 2.31. The molecule has 106 valence electrons. The van der Waals surface area contributed by atoms with Crippen LogP contribution < -0.4 is 5.32 Å². The summed E-state index contributed by atoms with van der Waals surface area (Å²) < 4.78 is 0. The highest BCUT2D eigenvalue weighted by atomic mass is 16.2. The predicted octanol–water partition coefficient (Wildman–Crippen LogP) is 3.79. The number of nitrogens with zero attached hydrogens (tertiary/aromatic N) is 1. The quantitative estimate of drug-likeness (QED) is 0.775. The molecule has 1 saturated carbocycles. The monoisotopic (exact) mass is 270 g/mol. The summed E-state index contributed by atoms with van der Waals surface area (Å²) in [7, 11) is 0. The SMILES string of the molecule is CC1N=C(C2CCCCCC2)c2ccccc2NC1=O. The lowest BCUT2D eigenvalue weighted by Gasteiger charge is -2.18. The molecule has 2 aliphatic rings. The minimum absolute atomic E-state index is 0.000993. The van der Waals surface area contributed by atoms with E-state index in [-0.39, 0.29) is 11.9 Å². The molecule has 3 heteroatoms. The van der Waals surface area contributed by atoms with Crippen LogP contribution in [-0.2, 0) is 4.79 Å². The summed E-state index contributed by atoms with van der Waals surface area (Å²) in [6.07, 6.45) is 7.63. The van der Waals surface area contributed by atoms with Crippen molar-refractivity contribution in [3.05, 3.63) is 29.8 Å². The largest absolute Gasteiger partial charge is 0.324 e. The fourth-order valence-electron chi connectivity index (χ4n) is 3.27. The summed E-state index contributed by atoms with van der Waals surface area (Å²) in [5.41, 5.74) is 3.19. The minimum Gasteiger partial charge on any atom is -0.324 e. The van der Waals surface area contributed by atoms with E-state index in [1.54, 1.807) is 0 Å². The Balaban J connectivity index is 2.01. The molecule has 0 spiro atoms. The molecule has 0 bridgehead atoms. The average molecular weight is 270 g/mol. The second-order valence-corrected chi connectivity index (χ2v) is 5.91. The van der Waals surface area contributed by atoms with Crippen molar-refractivity contribution in [2.24, 2.45) is 10.9 Å². The Kier molecular flexibility index (Phi) is 3.86. The standard InChI is InChI=1S/C17H22N2O/c1-12-17(20)19-15-11-7-6-10-14(15)16(18-12)13-8-4-2-3-5-9-13/h6-7,10-13H,2-5,8-9H2,1H3,(H,19,20). The van der Waals surface area contributed by atoms with Crippen molar-refractivity contribution < 1.29 is 4.79 Å². The number of nitrogens with one attached hydrogen (secondary N) is 1. The molecule has 0 saturated heterocycles. The van der Waals surface area contributed by atoms with Gasteiger partial charge < -0.3 is 5.32 Å². The first kappa shape index (κ1) is 13.3. The predicted molar refractivity (Wildman–Crippen MR) is 82.3 cm³/mol. The third kappa shape index (κ3) is 2.62. The first-order valence-corrected chi connectivity index (χ1v) is 7.73. The van der Waals surface area contributed by atoms with Crippen molar-refractivity contribution in [3.63, 3.8) is 0 Å². The van der Waals surface area contributed by atoms with Crippen LogP contribution in [0, 0.1) is 5.92 Å². The van der Waals surface area contributed by atoms with Crippen LogP contribution in [0.15, 0.2) is 29.3 Å². The molecule has 0 aromatic heterocycles. The van der Waals surface area contributed by atoms with E-state index in [9.17, 15) is 4.79 Å². The molecule has 1 aromatic rings. The lowest BCUT2D eigenvalue weighted by molar-refractivity contribution is -0.116. The van der Waals surface area contributed by atoms with Gasteiger partial charge in [0.2, 0.25) is 5.91 Å². The molecule has 1 fully saturated rings. The average Bonchev–Trinajstić information content (AvgIpc) is 2.79. The number of hydrogen-bond acceptors (Lipinski definition) is 2. The first-order chi connectivity index (χ1) is 9.75. The van der Waals surface area contributed by atoms with E-state index in [0.29, 0.717) is 5.92 Å². The summed E-state index contributed by atoms with van der Waals surface area (Å²) in [4.78, 5) is 16.8. The van der Waals surface area contributed by atoms with Gasteiger partial charge >= 0.3 is 0 Å². The van der Waals surface area contributed by atoms with Crippen molar-refractivity contribution in [1.82, 2.24) is 0 Å². The lowest BCUT2D eigenvalue weighted by atomic mass is 9.89. The summed E-state index contributed by atoms with van der Waals surface area (Å²) in [6.45, 7) is 1.89. The smallest absolute Gasteiger partial charge is 0.248 e. The second-order valence-electron chi connectivity index (χ2n) is 5.91. The number of fused-ring (bicyclic) bond motifs is 1. The van der Waals surface area contributed by atoms with Crippen molar-refractivity contribution in [1.29, 1.82) is 0 Å². The van der Waals surface area contributed by atoms with E-state index in [0.717, 1.165) is 17.0 Å². The van der Waals surface area contributed by atoms with E-state index in [1.807, 2.05) is 25.1 Å². The van der Waals surface area contributed by atoms with Crippen LogP contribution in [0.25, 0.3) is 0 Å². The molecule has 3 nitrogen and oxygen atoms in total. The number of aliphatic imine (C=N–C) groups is 1. The number of carbonyl (C=O) groups is 1. The molecule has 1 heterocycles. The van der Waals surface area contributed by atoms with Crippen LogP contribution in [0.5, 0.6) is 0 Å². The van der Waals surface area contributed by atoms with Crippen LogP contribution in [0.4, 0.5) is 5.69 Å². The highest BCUT2D eigenvalue weighted by molar-refractivity contribution is 6.12. The van der Waals surface area contributed by atoms with Gasteiger partial charge in [0.25, 0.3) is 0 Å². The maximum Gasteiger partial charge on any atom is 0.248 e. The molecule has 20 heavy (non-hydrogen) atoms. The highest BCUT2D eigenvalue weighted by Gasteiger charge is 2.26. The number of carbonyl (C=O) groups excluding carboxylic acids is 1. The number of amides is 1. The van der Waals surface area contributed by atoms with E-state index in [2.05, 4.69) is 11.4 Å². The van der Waals surface area contributed by atoms with Crippen LogP contribution >= 0.6 is 0 Å². The molecular weight excluding hydrogens is 248 g/mol. The van der Waals surface area contributed by atoms with Crippen molar-refractivity contribution in [2.75, 3.05) is 5.32 Å². The minimum atomic E-state index is -0.291. The summed E-state index contributed by atoms with van der Waals surface area (Å²) in [5.74, 6) is 0.509. The Bertz CT molecular complexity index is 528. The van der Waals surface area contributed by atoms with Gasteiger partial charge in [-0.1, -0.05) is 43.9 Å². The van der Waals surface area contributed by atoms with Gasteiger partial charge in [0.05, 0.1) is 0 Å². The Hall–Kier alpha value is -1.64. The Morgan fingerprint density at radius 2 is 1.80 bits per heavy atom. The number of para-hydroxylation sites is 1. The van der Waals surface area contributed by atoms with Crippen molar-refractivity contribution in [2.45, 2.75) is 51.5 Å². The summed E-state index contributed by atoms with van der Waals surface area (Å²) >= 11 is 0. The molecule has 1 N–H and O–H groups in total. The number of hydrogen-bond donors (Lipinski definition) is 1. The number of anilines is 1. The van der Waals surface area contributed by atoms with Crippen LogP contribution in [0.1, 0.15) is 51.0 Å².